The zero-order chi connectivity index (χ0) is 18.9. The number of rotatable bonds is 4. The van der Waals surface area contributed by atoms with Crippen molar-refractivity contribution >= 4 is 5.91 Å². The summed E-state index contributed by atoms with van der Waals surface area (Å²) in [5.41, 5.74) is 4.41. The highest BCUT2D eigenvalue weighted by Crippen LogP contribution is 2.17. The zero-order valence-corrected chi connectivity index (χ0v) is 15.9. The van der Waals surface area contributed by atoms with Crippen LogP contribution in [0.1, 0.15) is 42.6 Å². The van der Waals surface area contributed by atoms with E-state index in [9.17, 15) is 4.79 Å². The van der Waals surface area contributed by atoms with Crippen LogP contribution < -0.4 is 0 Å². The van der Waals surface area contributed by atoms with E-state index in [1.54, 1.807) is 0 Å². The summed E-state index contributed by atoms with van der Waals surface area (Å²) >= 11 is 0. The molecule has 138 valence electrons. The molecule has 1 aliphatic rings. The van der Waals surface area contributed by atoms with Crippen molar-refractivity contribution in [3.8, 4) is 11.8 Å². The molecule has 1 aliphatic heterocycles. The first-order valence-corrected chi connectivity index (χ1v) is 9.65. The van der Waals surface area contributed by atoms with Gasteiger partial charge in [0.1, 0.15) is 5.69 Å². The minimum Gasteiger partial charge on any atom is -0.342 e. The molecule has 1 amide bonds. The topological polar surface area (TPSA) is 33.2 Å². The fourth-order valence-electron chi connectivity index (χ4n) is 3.26. The molecule has 0 spiro atoms. The first-order valence-electron chi connectivity index (χ1n) is 9.65. The number of carbonyl (C=O) groups excluding carboxylic acids is 1. The Kier molecular flexibility index (Phi) is 6.82. The minimum absolute atomic E-state index is 0.278. The molecule has 1 fully saturated rings. The predicted octanol–water partition coefficient (Wildman–Crippen LogP) is 4.31. The molecule has 0 saturated carbocycles. The maximum Gasteiger partial charge on any atom is 0.222 e. The van der Waals surface area contributed by atoms with Crippen molar-refractivity contribution in [1.29, 1.82) is 0 Å². The van der Waals surface area contributed by atoms with Crippen molar-refractivity contribution in [3.63, 3.8) is 0 Å². The molecule has 0 aliphatic carbocycles. The van der Waals surface area contributed by atoms with E-state index in [-0.39, 0.29) is 5.91 Å². The van der Waals surface area contributed by atoms with E-state index in [2.05, 4.69) is 29.0 Å². The second kappa shape index (κ2) is 9.73. The third-order valence-electron chi connectivity index (χ3n) is 4.82. The normalized spacial score (nSPS) is 13.7. The standard InChI is InChI=1S/C24H26N2O/c1-20-8-5-13-23(25-20)14-6-11-22-16-18-26(19-17-22)24(27)15-7-12-21-9-3-2-4-10-21/h2-5,8-11,13H,7,12,15-19H2,1H3. The summed E-state index contributed by atoms with van der Waals surface area (Å²) in [5.74, 6) is 6.49. The molecule has 0 radical (unpaired) electrons. The second-order valence-corrected chi connectivity index (χ2v) is 6.96. The molecular weight excluding hydrogens is 332 g/mol. The third kappa shape index (κ3) is 6.11. The Labute approximate surface area is 162 Å². The summed E-state index contributed by atoms with van der Waals surface area (Å²) in [4.78, 5) is 18.8. The number of aryl methyl sites for hydroxylation is 2. The van der Waals surface area contributed by atoms with Gasteiger partial charge in [-0.1, -0.05) is 47.9 Å². The lowest BCUT2D eigenvalue weighted by Gasteiger charge is -2.28. The quantitative estimate of drug-likeness (QED) is 0.763. The van der Waals surface area contributed by atoms with Crippen LogP contribution in [0.3, 0.4) is 0 Å². The number of benzene rings is 1. The number of piperidine rings is 1. The van der Waals surface area contributed by atoms with Crippen LogP contribution in [0.15, 0.2) is 60.2 Å². The number of hydrogen-bond donors (Lipinski definition) is 0. The Morgan fingerprint density at radius 1 is 1.11 bits per heavy atom. The molecule has 1 saturated heterocycles. The maximum absolute atomic E-state index is 12.4. The number of allylic oxidation sites excluding steroid dienone is 1. The van der Waals surface area contributed by atoms with Crippen molar-refractivity contribution in [3.05, 3.63) is 77.1 Å². The van der Waals surface area contributed by atoms with Gasteiger partial charge in [0.25, 0.3) is 0 Å². The van der Waals surface area contributed by atoms with Gasteiger partial charge >= 0.3 is 0 Å². The first-order chi connectivity index (χ1) is 13.2. The van der Waals surface area contributed by atoms with Crippen LogP contribution in [0.2, 0.25) is 0 Å². The average molecular weight is 358 g/mol. The number of nitrogens with zero attached hydrogens (tertiary/aromatic N) is 2. The van der Waals surface area contributed by atoms with E-state index in [0.29, 0.717) is 6.42 Å². The van der Waals surface area contributed by atoms with Crippen LogP contribution in [-0.4, -0.2) is 28.9 Å². The fraction of sp³-hybridized carbons (Fsp3) is 0.333. The Hall–Kier alpha value is -2.86. The number of aromatic nitrogens is 1. The highest BCUT2D eigenvalue weighted by molar-refractivity contribution is 5.76. The number of carbonyl (C=O) groups is 1. The molecule has 2 aromatic rings. The summed E-state index contributed by atoms with van der Waals surface area (Å²) in [5, 5.41) is 0. The monoisotopic (exact) mass is 358 g/mol. The summed E-state index contributed by atoms with van der Waals surface area (Å²) in [6.07, 6.45) is 6.35. The number of amides is 1. The van der Waals surface area contributed by atoms with E-state index in [1.165, 1.54) is 11.1 Å². The maximum atomic E-state index is 12.4. The third-order valence-corrected chi connectivity index (χ3v) is 4.82. The minimum atomic E-state index is 0.278. The highest BCUT2D eigenvalue weighted by atomic mass is 16.2. The molecule has 1 aromatic carbocycles. The van der Waals surface area contributed by atoms with Gasteiger partial charge in [0, 0.05) is 25.2 Å². The lowest BCUT2D eigenvalue weighted by Crippen LogP contribution is -2.36. The van der Waals surface area contributed by atoms with Gasteiger partial charge in [-0.2, -0.15) is 0 Å². The van der Waals surface area contributed by atoms with Gasteiger partial charge in [-0.25, -0.2) is 4.98 Å². The van der Waals surface area contributed by atoms with Gasteiger partial charge in [0.15, 0.2) is 0 Å². The highest BCUT2D eigenvalue weighted by Gasteiger charge is 2.18. The molecule has 3 nitrogen and oxygen atoms in total. The predicted molar refractivity (Wildman–Crippen MR) is 109 cm³/mol. The molecule has 0 unspecified atom stereocenters. The first kappa shape index (κ1) is 18.9. The fourth-order valence-corrected chi connectivity index (χ4v) is 3.26. The Bertz CT molecular complexity index is 849. The van der Waals surface area contributed by atoms with Crippen molar-refractivity contribution in [1.82, 2.24) is 9.88 Å². The molecule has 0 atom stereocenters. The molecule has 1 aromatic heterocycles. The summed E-state index contributed by atoms with van der Waals surface area (Å²) in [6, 6.07) is 16.2. The van der Waals surface area contributed by atoms with E-state index in [0.717, 1.165) is 50.2 Å². The van der Waals surface area contributed by atoms with Crippen molar-refractivity contribution < 1.29 is 4.79 Å². The molecule has 3 rings (SSSR count). The van der Waals surface area contributed by atoms with Crippen LogP contribution in [-0.2, 0) is 11.2 Å². The van der Waals surface area contributed by atoms with Gasteiger partial charge in [-0.3, -0.25) is 4.79 Å². The SMILES string of the molecule is Cc1cccc(C#CC=C2CCN(C(=O)CCCc3ccccc3)CC2)n1. The zero-order valence-electron chi connectivity index (χ0n) is 15.9. The van der Waals surface area contributed by atoms with Crippen LogP contribution in [0.5, 0.6) is 0 Å². The van der Waals surface area contributed by atoms with Crippen molar-refractivity contribution in [2.45, 2.75) is 39.0 Å². The Morgan fingerprint density at radius 3 is 2.63 bits per heavy atom. The van der Waals surface area contributed by atoms with Crippen molar-refractivity contribution in [2.75, 3.05) is 13.1 Å². The van der Waals surface area contributed by atoms with Gasteiger partial charge in [-0.05, 0) is 62.3 Å². The molecule has 27 heavy (non-hydrogen) atoms. The van der Waals surface area contributed by atoms with Crippen LogP contribution in [0.25, 0.3) is 0 Å². The molecule has 0 N–H and O–H groups in total. The summed E-state index contributed by atoms with van der Waals surface area (Å²) < 4.78 is 0. The molecule has 2 heterocycles. The van der Waals surface area contributed by atoms with Crippen LogP contribution >= 0.6 is 0 Å². The van der Waals surface area contributed by atoms with Gasteiger partial charge in [0.2, 0.25) is 5.91 Å². The number of hydrogen-bond acceptors (Lipinski definition) is 2. The van der Waals surface area contributed by atoms with E-state index in [4.69, 9.17) is 0 Å². The summed E-state index contributed by atoms with van der Waals surface area (Å²) in [6.45, 7) is 3.58. The van der Waals surface area contributed by atoms with Crippen LogP contribution in [0.4, 0.5) is 0 Å². The molecule has 0 bridgehead atoms. The van der Waals surface area contributed by atoms with Gasteiger partial charge in [-0.15, -0.1) is 0 Å². The second-order valence-electron chi connectivity index (χ2n) is 6.96. The lowest BCUT2D eigenvalue weighted by molar-refractivity contribution is -0.131. The van der Waals surface area contributed by atoms with E-state index < -0.39 is 0 Å². The lowest BCUT2D eigenvalue weighted by atomic mass is 10.0. The van der Waals surface area contributed by atoms with Crippen molar-refractivity contribution in [2.24, 2.45) is 0 Å². The smallest absolute Gasteiger partial charge is 0.222 e. The summed E-state index contributed by atoms with van der Waals surface area (Å²) in [7, 11) is 0. The Balaban J connectivity index is 1.42. The largest absolute Gasteiger partial charge is 0.342 e. The van der Waals surface area contributed by atoms with Crippen LogP contribution in [0, 0.1) is 18.8 Å². The number of pyridine rings is 1. The van der Waals surface area contributed by atoms with Gasteiger partial charge in [0.05, 0.1) is 0 Å². The van der Waals surface area contributed by atoms with Gasteiger partial charge < -0.3 is 4.90 Å². The molecule has 3 heteroatoms. The van der Waals surface area contributed by atoms with E-state index in [1.807, 2.05) is 54.3 Å². The number of likely N-dealkylation sites (tertiary alicyclic amines) is 1. The average Bonchev–Trinajstić information content (AvgIpc) is 2.69. The Morgan fingerprint density at radius 2 is 1.89 bits per heavy atom. The van der Waals surface area contributed by atoms with E-state index >= 15 is 0 Å². The molecular formula is C24H26N2O.